The Morgan fingerprint density at radius 3 is 1.07 bits per heavy atom. The van der Waals surface area contributed by atoms with Crippen LogP contribution in [0.25, 0.3) is 0 Å². The highest BCUT2D eigenvalue weighted by Gasteiger charge is 2.60. The van der Waals surface area contributed by atoms with Gasteiger partial charge in [-0.05, 0) is 95.0 Å². The fourth-order valence-electron chi connectivity index (χ4n) is 14.2. The van der Waals surface area contributed by atoms with Crippen LogP contribution in [0.15, 0.2) is 126 Å². The van der Waals surface area contributed by atoms with Gasteiger partial charge in [-0.3, -0.25) is 46.9 Å². The summed E-state index contributed by atoms with van der Waals surface area (Å²) in [4.78, 5) is 86.7. The molecule has 26 nitrogen and oxygen atoms in total. The molecule has 566 valence electrons. The topological polar surface area (TPSA) is 309 Å². The molecule has 0 radical (unpaired) electrons. The number of halogens is 3. The molecule has 103 heavy (non-hydrogen) atoms. The summed E-state index contributed by atoms with van der Waals surface area (Å²) >= 11 is 0. The Balaban J connectivity index is 1.09. The molecule has 3 saturated heterocycles. The van der Waals surface area contributed by atoms with E-state index in [9.17, 15) is 50.4 Å². The minimum absolute atomic E-state index is 0.00365. The van der Waals surface area contributed by atoms with E-state index in [2.05, 4.69) is 15.0 Å². The van der Waals surface area contributed by atoms with Gasteiger partial charge in [-0.2, -0.15) is 21.6 Å². The van der Waals surface area contributed by atoms with Crippen molar-refractivity contribution in [3.05, 3.63) is 193 Å². The first-order chi connectivity index (χ1) is 48.4. The number of alkyl halides is 3. The van der Waals surface area contributed by atoms with Crippen LogP contribution < -0.4 is 43.2 Å². The van der Waals surface area contributed by atoms with Gasteiger partial charge in [0.25, 0.3) is 16.7 Å². The molecule has 3 aliphatic heterocycles. The van der Waals surface area contributed by atoms with Crippen molar-refractivity contribution in [2.45, 2.75) is 223 Å². The zero-order chi connectivity index (χ0) is 75.6. The summed E-state index contributed by atoms with van der Waals surface area (Å²) in [6, 6.07) is 24.8. The molecule has 33 heteroatoms. The predicted molar refractivity (Wildman–Crippen MR) is 382 cm³/mol. The second-order valence-electron chi connectivity index (χ2n) is 28.5. The molecule has 0 bridgehead atoms. The van der Waals surface area contributed by atoms with Crippen molar-refractivity contribution in [2.75, 3.05) is 34.0 Å². The van der Waals surface area contributed by atoms with Gasteiger partial charge in [-0.25, -0.2) is 14.4 Å². The van der Waals surface area contributed by atoms with Gasteiger partial charge in [0, 0.05) is 54.5 Å². The molecule has 3 aromatic heterocycles. The lowest BCUT2D eigenvalue weighted by Gasteiger charge is -2.43. The lowest BCUT2D eigenvalue weighted by Crippen LogP contribution is -2.57. The molecule has 0 spiro atoms. The average Bonchev–Trinajstić information content (AvgIpc) is 1.76. The van der Waals surface area contributed by atoms with E-state index < -0.39 is 158 Å². The lowest BCUT2D eigenvalue weighted by molar-refractivity contribution is -0.0972. The number of hydrogen-bond donors (Lipinski definition) is 3. The maximum Gasteiger partial charge on any atom is 0.522 e. The number of aryl methyl sites for hydroxylation is 3. The molecule has 3 fully saturated rings. The third-order valence-corrected chi connectivity index (χ3v) is 35.2. The molecule has 3 N–H and O–H groups in total. The minimum Gasteiger partial charge on any atom is -0.497 e. The molecule has 0 aliphatic carbocycles. The van der Waals surface area contributed by atoms with Gasteiger partial charge in [0.1, 0.15) is 54.1 Å². The molecule has 6 aromatic rings. The number of benzene rings is 3. The standard InChI is InChI=1S/C70H97F3N6O20SSi3/c1-40(2)101(41(3)4,96-54-31-60(77-34-46(13)63(80)74-66(77)83)93-57(54)37-90-69(49-21-19-18-20-22-49,50-23-27-52(88-16)28-24-50)51-25-29-53(89-17)30-26-51)91-38-58-55(32-61(94-58)78-35-47(14)64(81)75-67(78)84)97-102(42(5)6,43(7)8)92-39-59-56(33-62(95-59)79-36-48(15)65(82)76-68(79)85)98-103(44(9)10,45(11)12)99-100(86,87)70(71,72)73/h18-30,34-36,40-45,54-62H,31-33,37-39H2,1-17H3,(H,74,80,83)(H,75,81,84)(H,76,82,85)/t54-,55-,56-,57+,58+,59+,60+,61+,62+/m0/s1. The Morgan fingerprint density at radius 1 is 0.466 bits per heavy atom. The quantitative estimate of drug-likeness (QED) is 0.0207. The molecule has 9 atom stereocenters. The second kappa shape index (κ2) is 32.2. The highest BCUT2D eigenvalue weighted by molar-refractivity contribution is 7.88. The SMILES string of the molecule is COc1ccc(C(OC[C@H]2O[C@@H](n3cc(C)c(=O)[nH]c3=O)C[C@@H]2O[Si](OC[C@H]2O[C@@H](n3cc(C)c(=O)[nH]c3=O)C[C@@H]2O[Si](OC[C@H]2O[C@@H](n3cc(C)c(=O)[nH]c3=O)C[C@@H]2O[Si](OS(=O)(=O)C(F)(F)F)(C(C)C)C(C)C)(C(C)C)C(C)C)(C(C)C)C(C)C)(c2ccccc2)c2ccc(OC)cc2)cc1. The van der Waals surface area contributed by atoms with Crippen LogP contribution in [0, 0.1) is 20.8 Å². The highest BCUT2D eigenvalue weighted by atomic mass is 32.2. The van der Waals surface area contributed by atoms with Crippen LogP contribution in [-0.4, -0.2) is 139 Å². The van der Waals surface area contributed by atoms with E-state index in [0.717, 1.165) is 21.3 Å². The maximum absolute atomic E-state index is 14.3. The summed E-state index contributed by atoms with van der Waals surface area (Å²) < 4.78 is 154. The van der Waals surface area contributed by atoms with E-state index >= 15 is 0 Å². The Kier molecular flexibility index (Phi) is 25.1. The van der Waals surface area contributed by atoms with Crippen molar-refractivity contribution < 1.29 is 76.0 Å². The molecule has 9 rings (SSSR count). The van der Waals surface area contributed by atoms with Gasteiger partial charge >= 0.3 is 58.4 Å². The molecule has 0 unspecified atom stereocenters. The first-order valence-electron chi connectivity index (χ1n) is 34.6. The van der Waals surface area contributed by atoms with Crippen molar-refractivity contribution in [3.63, 3.8) is 0 Å². The third-order valence-electron chi connectivity index (χ3n) is 19.9. The summed E-state index contributed by atoms with van der Waals surface area (Å²) in [5.74, 6) is 1.23. The van der Waals surface area contributed by atoms with E-state index in [1.54, 1.807) is 28.1 Å². The van der Waals surface area contributed by atoms with E-state index in [4.69, 9.17) is 54.4 Å². The van der Waals surface area contributed by atoms with Crippen molar-refractivity contribution in [2.24, 2.45) is 0 Å². The molecular weight excluding hydrogens is 1420 g/mol. The van der Waals surface area contributed by atoms with Gasteiger partial charge in [0.05, 0.1) is 52.4 Å². The molecule has 3 aliphatic rings. The number of H-pyrrole nitrogens is 3. The van der Waals surface area contributed by atoms with E-state index in [1.807, 2.05) is 134 Å². The maximum atomic E-state index is 14.3. The van der Waals surface area contributed by atoms with Crippen LogP contribution in [-0.2, 0) is 60.7 Å². The summed E-state index contributed by atoms with van der Waals surface area (Å²) in [5.41, 5.74) is -11.7. The smallest absolute Gasteiger partial charge is 0.497 e. The number of nitrogens with zero attached hydrogens (tertiary/aromatic N) is 3. The van der Waals surface area contributed by atoms with E-state index in [0.29, 0.717) is 11.5 Å². The van der Waals surface area contributed by atoms with Gasteiger partial charge < -0.3 is 50.6 Å². The van der Waals surface area contributed by atoms with Crippen molar-refractivity contribution >= 4 is 35.8 Å². The minimum atomic E-state index is -6.23. The number of ether oxygens (including phenoxy) is 6. The second-order valence-corrected chi connectivity index (χ2v) is 43.1. The van der Waals surface area contributed by atoms with Crippen LogP contribution in [0.4, 0.5) is 13.2 Å². The lowest BCUT2D eigenvalue weighted by atomic mass is 9.80. The first-order valence-corrected chi connectivity index (χ1v) is 41.9. The third kappa shape index (κ3) is 16.6. The molecule has 0 amide bonds. The zero-order valence-electron chi connectivity index (χ0n) is 61.2. The fourth-order valence-corrected chi connectivity index (χ4v) is 27.8. The van der Waals surface area contributed by atoms with Gasteiger partial charge in [0.15, 0.2) is 0 Å². The predicted octanol–water partition coefficient (Wildman–Crippen LogP) is 10.3. The van der Waals surface area contributed by atoms with Crippen LogP contribution in [0.1, 0.15) is 154 Å². The highest BCUT2D eigenvalue weighted by Crippen LogP contribution is 2.49. The van der Waals surface area contributed by atoms with Gasteiger partial charge in [-0.15, -0.1) is 0 Å². The fraction of sp³-hybridized carbons (Fsp3) is 0.571. The van der Waals surface area contributed by atoms with Crippen LogP contribution in [0.3, 0.4) is 0 Å². The largest absolute Gasteiger partial charge is 0.522 e. The molecule has 6 heterocycles. The monoisotopic (exact) mass is 1510 g/mol. The zero-order valence-corrected chi connectivity index (χ0v) is 65.0. The van der Waals surface area contributed by atoms with E-state index in [-0.39, 0.29) is 66.9 Å². The number of rotatable bonds is 31. The number of hydrogen-bond acceptors (Lipinski definition) is 20. The Hall–Kier alpha value is -6.71. The van der Waals surface area contributed by atoms with Crippen molar-refractivity contribution in [1.82, 2.24) is 28.7 Å². The van der Waals surface area contributed by atoms with Crippen LogP contribution in [0.2, 0.25) is 33.2 Å². The Morgan fingerprint density at radius 2 is 0.767 bits per heavy atom. The van der Waals surface area contributed by atoms with Gasteiger partial charge in [-0.1, -0.05) is 138 Å². The van der Waals surface area contributed by atoms with Gasteiger partial charge in [0.2, 0.25) is 0 Å². The normalized spacial score (nSPS) is 21.7. The van der Waals surface area contributed by atoms with E-state index in [1.165, 1.54) is 62.3 Å². The Labute approximate surface area is 599 Å². The summed E-state index contributed by atoms with van der Waals surface area (Å²) in [6.07, 6.45) is -5.61. The summed E-state index contributed by atoms with van der Waals surface area (Å²) in [6.45, 7) is 25.5. The van der Waals surface area contributed by atoms with Crippen molar-refractivity contribution in [3.8, 4) is 11.5 Å². The number of nitrogens with one attached hydrogen (secondary N) is 3. The van der Waals surface area contributed by atoms with Crippen LogP contribution in [0.5, 0.6) is 11.5 Å². The Bertz CT molecular complexity index is 4320. The number of aromatic nitrogens is 6. The van der Waals surface area contributed by atoms with Crippen LogP contribution >= 0.6 is 0 Å². The summed E-state index contributed by atoms with van der Waals surface area (Å²) in [5, 5.41) is 0. The molecular formula is C70H97F3N6O20SSi3. The number of aromatic amines is 3. The first kappa shape index (κ1) is 80.4. The molecule has 3 aromatic carbocycles. The van der Waals surface area contributed by atoms with Crippen molar-refractivity contribution in [1.29, 1.82) is 0 Å². The number of methoxy groups -OCH3 is 2. The molecule has 0 saturated carbocycles. The summed E-state index contributed by atoms with van der Waals surface area (Å²) in [7, 11) is -15.2. The average molecular weight is 1520 g/mol.